The van der Waals surface area contributed by atoms with Crippen LogP contribution in [0.4, 0.5) is 0 Å². The van der Waals surface area contributed by atoms with Crippen LogP contribution in [0.15, 0.2) is 24.3 Å². The van der Waals surface area contributed by atoms with Gasteiger partial charge in [-0.25, -0.2) is 0 Å². The van der Waals surface area contributed by atoms with Crippen molar-refractivity contribution in [3.05, 3.63) is 35.4 Å². The number of benzene rings is 1. The van der Waals surface area contributed by atoms with Crippen molar-refractivity contribution in [3.63, 3.8) is 0 Å². The second kappa shape index (κ2) is 6.55. The van der Waals surface area contributed by atoms with Crippen molar-refractivity contribution in [3.8, 4) is 0 Å². The Balaban J connectivity index is 2.61. The number of hydrogen-bond donors (Lipinski definition) is 1. The second-order valence-electron chi connectivity index (χ2n) is 6.15. The van der Waals surface area contributed by atoms with E-state index in [1.54, 1.807) is 25.8 Å². The lowest BCUT2D eigenvalue weighted by atomic mass is 9.85. The van der Waals surface area contributed by atoms with Gasteiger partial charge in [0.05, 0.1) is 6.42 Å². The van der Waals surface area contributed by atoms with Crippen molar-refractivity contribution >= 4 is 11.9 Å². The van der Waals surface area contributed by atoms with Gasteiger partial charge < -0.3 is 10.0 Å². The third kappa shape index (κ3) is 5.43. The van der Waals surface area contributed by atoms with Crippen molar-refractivity contribution in [1.82, 2.24) is 4.90 Å². The minimum atomic E-state index is -0.871. The molecule has 1 aromatic rings. The number of hydrogen-bond acceptors (Lipinski definition) is 2. The molecule has 1 N–H and O–H groups in total. The van der Waals surface area contributed by atoms with Gasteiger partial charge in [0.2, 0.25) is 5.91 Å². The molecule has 4 heteroatoms. The number of carboxylic acid groups (broad SMARTS) is 1. The fourth-order valence-corrected chi connectivity index (χ4v) is 2.19. The largest absolute Gasteiger partial charge is 0.481 e. The first kappa shape index (κ1) is 16.2. The first-order valence-corrected chi connectivity index (χ1v) is 6.71. The van der Waals surface area contributed by atoms with Gasteiger partial charge in [-0.1, -0.05) is 43.7 Å². The van der Waals surface area contributed by atoms with Crippen molar-refractivity contribution < 1.29 is 14.7 Å². The lowest BCUT2D eigenvalue weighted by Gasteiger charge is -2.25. The average Bonchev–Trinajstić information content (AvgIpc) is 2.26. The zero-order valence-corrected chi connectivity index (χ0v) is 12.6. The third-order valence-electron chi connectivity index (χ3n) is 3.19. The van der Waals surface area contributed by atoms with Crippen LogP contribution in [0.2, 0.25) is 0 Å². The summed E-state index contributed by atoms with van der Waals surface area (Å²) in [6, 6.07) is 8.02. The van der Waals surface area contributed by atoms with E-state index in [0.29, 0.717) is 6.54 Å². The van der Waals surface area contributed by atoms with Crippen LogP contribution >= 0.6 is 0 Å². The maximum atomic E-state index is 12.2. The van der Waals surface area contributed by atoms with E-state index in [1.807, 2.05) is 31.2 Å². The summed E-state index contributed by atoms with van der Waals surface area (Å²) in [6.45, 7) is 6.17. The molecule has 0 fully saturated rings. The predicted molar refractivity (Wildman–Crippen MR) is 78.3 cm³/mol. The fraction of sp³-hybridized carbons (Fsp3) is 0.500. The molecule has 0 aliphatic heterocycles. The summed E-state index contributed by atoms with van der Waals surface area (Å²) in [4.78, 5) is 24.6. The Kier molecular flexibility index (Phi) is 5.31. The summed E-state index contributed by atoms with van der Waals surface area (Å²) in [7, 11) is 1.75. The average molecular weight is 277 g/mol. The Bertz CT molecular complexity index is 494. The Morgan fingerprint density at radius 1 is 1.25 bits per heavy atom. The molecule has 1 amide bonds. The van der Waals surface area contributed by atoms with E-state index in [2.05, 4.69) is 0 Å². The van der Waals surface area contributed by atoms with Gasteiger partial charge in [-0.15, -0.1) is 0 Å². The number of aryl methyl sites for hydroxylation is 1. The van der Waals surface area contributed by atoms with Gasteiger partial charge in [0.15, 0.2) is 0 Å². The Morgan fingerprint density at radius 3 is 2.45 bits per heavy atom. The standard InChI is InChI=1S/C16H23NO3/c1-12-6-5-7-13(8-12)11-17(4)14(18)9-16(2,3)10-15(19)20/h5-8H,9-11H2,1-4H3,(H,19,20). The van der Waals surface area contributed by atoms with E-state index >= 15 is 0 Å². The zero-order valence-electron chi connectivity index (χ0n) is 12.6. The Labute approximate surface area is 120 Å². The molecule has 0 aromatic heterocycles. The molecule has 0 radical (unpaired) electrons. The molecule has 110 valence electrons. The summed E-state index contributed by atoms with van der Waals surface area (Å²) in [5, 5.41) is 8.84. The van der Waals surface area contributed by atoms with E-state index in [-0.39, 0.29) is 18.7 Å². The highest BCUT2D eigenvalue weighted by Gasteiger charge is 2.26. The highest BCUT2D eigenvalue weighted by molar-refractivity contribution is 5.77. The first-order chi connectivity index (χ1) is 9.19. The van der Waals surface area contributed by atoms with Crippen molar-refractivity contribution in [1.29, 1.82) is 0 Å². The molecule has 0 atom stereocenters. The van der Waals surface area contributed by atoms with Crippen LogP contribution in [0, 0.1) is 12.3 Å². The first-order valence-electron chi connectivity index (χ1n) is 6.71. The van der Waals surface area contributed by atoms with Crippen LogP contribution in [0.3, 0.4) is 0 Å². The lowest BCUT2D eigenvalue weighted by Crippen LogP contribution is -2.31. The third-order valence-corrected chi connectivity index (χ3v) is 3.19. The van der Waals surface area contributed by atoms with Crippen molar-refractivity contribution in [2.45, 2.75) is 40.2 Å². The Hall–Kier alpha value is -1.84. The molecule has 4 nitrogen and oxygen atoms in total. The van der Waals surface area contributed by atoms with Gasteiger partial charge in [0, 0.05) is 20.0 Å². The van der Waals surface area contributed by atoms with Crippen LogP contribution in [0.1, 0.15) is 37.8 Å². The quantitative estimate of drug-likeness (QED) is 0.870. The molecule has 1 rings (SSSR count). The molecule has 0 aliphatic rings. The summed E-state index contributed by atoms with van der Waals surface area (Å²) in [5.41, 5.74) is 1.72. The van der Waals surface area contributed by atoms with E-state index in [4.69, 9.17) is 5.11 Å². The van der Waals surface area contributed by atoms with Crippen LogP contribution < -0.4 is 0 Å². The fourth-order valence-electron chi connectivity index (χ4n) is 2.19. The van der Waals surface area contributed by atoms with Crippen LogP contribution in [0.25, 0.3) is 0 Å². The number of carbonyl (C=O) groups is 2. The van der Waals surface area contributed by atoms with E-state index in [0.717, 1.165) is 11.1 Å². The van der Waals surface area contributed by atoms with Crippen LogP contribution in [-0.4, -0.2) is 28.9 Å². The summed E-state index contributed by atoms with van der Waals surface area (Å²) in [5.74, 6) is -0.901. The van der Waals surface area contributed by atoms with Gasteiger partial charge in [0.1, 0.15) is 0 Å². The van der Waals surface area contributed by atoms with Gasteiger partial charge in [-0.3, -0.25) is 9.59 Å². The van der Waals surface area contributed by atoms with E-state index in [1.165, 1.54) is 0 Å². The van der Waals surface area contributed by atoms with Crippen molar-refractivity contribution in [2.75, 3.05) is 7.05 Å². The predicted octanol–water partition coefficient (Wildman–Crippen LogP) is 2.84. The molecule has 20 heavy (non-hydrogen) atoms. The Morgan fingerprint density at radius 2 is 1.90 bits per heavy atom. The molecule has 1 aromatic carbocycles. The molecule has 0 aliphatic carbocycles. The van der Waals surface area contributed by atoms with E-state index in [9.17, 15) is 9.59 Å². The normalized spacial score (nSPS) is 11.2. The monoisotopic (exact) mass is 277 g/mol. The molecular weight excluding hydrogens is 254 g/mol. The van der Waals surface area contributed by atoms with Gasteiger partial charge in [-0.05, 0) is 17.9 Å². The second-order valence-corrected chi connectivity index (χ2v) is 6.15. The topological polar surface area (TPSA) is 57.6 Å². The number of carboxylic acids is 1. The number of carbonyl (C=O) groups excluding carboxylic acids is 1. The van der Waals surface area contributed by atoms with E-state index < -0.39 is 11.4 Å². The van der Waals surface area contributed by atoms with Crippen molar-refractivity contribution in [2.24, 2.45) is 5.41 Å². The summed E-state index contributed by atoms with van der Waals surface area (Å²) >= 11 is 0. The number of aliphatic carboxylic acids is 1. The number of nitrogens with zero attached hydrogens (tertiary/aromatic N) is 1. The van der Waals surface area contributed by atoms with Crippen LogP contribution in [-0.2, 0) is 16.1 Å². The lowest BCUT2D eigenvalue weighted by molar-refractivity contribution is -0.140. The minimum absolute atomic E-state index is 0.00295. The zero-order chi connectivity index (χ0) is 15.3. The smallest absolute Gasteiger partial charge is 0.303 e. The molecule has 0 bridgehead atoms. The summed E-state index contributed by atoms with van der Waals surface area (Å²) in [6.07, 6.45) is 0.235. The van der Waals surface area contributed by atoms with Gasteiger partial charge in [-0.2, -0.15) is 0 Å². The summed E-state index contributed by atoms with van der Waals surface area (Å²) < 4.78 is 0. The van der Waals surface area contributed by atoms with Gasteiger partial charge in [0.25, 0.3) is 0 Å². The molecule has 0 saturated heterocycles. The number of rotatable bonds is 6. The highest BCUT2D eigenvalue weighted by atomic mass is 16.4. The molecule has 0 unspecified atom stereocenters. The molecule has 0 heterocycles. The maximum Gasteiger partial charge on any atom is 0.303 e. The van der Waals surface area contributed by atoms with Gasteiger partial charge >= 0.3 is 5.97 Å². The molecule has 0 spiro atoms. The highest BCUT2D eigenvalue weighted by Crippen LogP contribution is 2.26. The minimum Gasteiger partial charge on any atom is -0.481 e. The maximum absolute atomic E-state index is 12.2. The molecule has 0 saturated carbocycles. The number of amides is 1. The SMILES string of the molecule is Cc1cccc(CN(C)C(=O)CC(C)(C)CC(=O)O)c1. The van der Waals surface area contributed by atoms with Crippen LogP contribution in [0.5, 0.6) is 0 Å². The molecular formula is C16H23NO3.